The molecule has 0 saturated heterocycles. The monoisotopic (exact) mass is 340 g/mol. The molecule has 0 radical (unpaired) electrons. The Labute approximate surface area is 145 Å². The summed E-state index contributed by atoms with van der Waals surface area (Å²) in [6, 6.07) is 14.3. The summed E-state index contributed by atoms with van der Waals surface area (Å²) in [4.78, 5) is 24.1. The highest BCUT2D eigenvalue weighted by atomic mass is 16.5. The van der Waals surface area contributed by atoms with Gasteiger partial charge in [0.1, 0.15) is 5.75 Å². The maximum Gasteiger partial charge on any atom is 0.261 e. The van der Waals surface area contributed by atoms with Gasteiger partial charge in [-0.05, 0) is 23.8 Å². The molecule has 6 nitrogen and oxygen atoms in total. The number of anilines is 1. The van der Waals surface area contributed by atoms with E-state index < -0.39 is 11.5 Å². The molecule has 0 fully saturated rings. The minimum absolute atomic E-state index is 0.115. The Balaban J connectivity index is 1.55. The van der Waals surface area contributed by atoms with Crippen LogP contribution in [0.3, 0.4) is 0 Å². The molecule has 0 aliphatic carbocycles. The van der Waals surface area contributed by atoms with Crippen LogP contribution in [0, 0.1) is 0 Å². The van der Waals surface area contributed by atoms with E-state index in [0.717, 1.165) is 11.3 Å². The van der Waals surface area contributed by atoms with Crippen molar-refractivity contribution in [2.45, 2.75) is 18.4 Å². The summed E-state index contributed by atoms with van der Waals surface area (Å²) in [6.45, 7) is 0.202. The molecule has 6 heteroatoms. The van der Waals surface area contributed by atoms with E-state index >= 15 is 0 Å². The average molecular weight is 340 g/mol. The number of rotatable bonds is 6. The summed E-state index contributed by atoms with van der Waals surface area (Å²) in [5.41, 5.74) is 0.411. The van der Waals surface area contributed by atoms with Crippen LogP contribution in [-0.4, -0.2) is 30.6 Å². The zero-order valence-corrected chi connectivity index (χ0v) is 13.9. The first-order chi connectivity index (χ1) is 12.0. The molecular weight excluding hydrogens is 320 g/mol. The zero-order valence-electron chi connectivity index (χ0n) is 13.9. The number of amides is 2. The molecular formula is C19H20N2O4. The predicted molar refractivity (Wildman–Crippen MR) is 93.3 cm³/mol. The standard InChI is InChI=1S/C19H20N2O4/c1-25-14-8-6-13(7-9-14)12-17(22)20-11-10-19(24)15-4-2-3-5-16(15)21-18(19)23/h2-9,24H,10-12H2,1H3,(H,20,22)(H,21,23). The van der Waals surface area contributed by atoms with E-state index in [2.05, 4.69) is 10.6 Å². The number of ether oxygens (including phenoxy) is 1. The Kier molecular flexibility index (Phi) is 4.72. The minimum atomic E-state index is -1.61. The Hall–Kier alpha value is -2.86. The maximum absolute atomic E-state index is 12.1. The van der Waals surface area contributed by atoms with Crippen LogP contribution in [0.5, 0.6) is 5.75 Å². The van der Waals surface area contributed by atoms with Gasteiger partial charge in [-0.2, -0.15) is 0 Å². The van der Waals surface area contributed by atoms with Gasteiger partial charge in [0, 0.05) is 24.2 Å². The third-order valence-corrected chi connectivity index (χ3v) is 4.33. The number of carbonyl (C=O) groups excluding carboxylic acids is 2. The second-order valence-corrected chi connectivity index (χ2v) is 5.98. The van der Waals surface area contributed by atoms with Gasteiger partial charge >= 0.3 is 0 Å². The highest BCUT2D eigenvalue weighted by Gasteiger charge is 2.44. The SMILES string of the molecule is COc1ccc(CC(=O)NCCC2(O)C(=O)Nc3ccccc32)cc1. The van der Waals surface area contributed by atoms with E-state index in [-0.39, 0.29) is 25.3 Å². The molecule has 0 spiro atoms. The van der Waals surface area contributed by atoms with Crippen molar-refractivity contribution in [3.05, 3.63) is 59.7 Å². The molecule has 1 unspecified atom stereocenters. The third-order valence-electron chi connectivity index (χ3n) is 4.33. The van der Waals surface area contributed by atoms with Crippen LogP contribution in [0.25, 0.3) is 0 Å². The van der Waals surface area contributed by atoms with Crippen molar-refractivity contribution in [3.8, 4) is 5.75 Å². The molecule has 1 heterocycles. The number of methoxy groups -OCH3 is 1. The molecule has 0 aromatic heterocycles. The van der Waals surface area contributed by atoms with Crippen LogP contribution >= 0.6 is 0 Å². The molecule has 1 aliphatic heterocycles. The van der Waals surface area contributed by atoms with E-state index in [1.165, 1.54) is 0 Å². The summed E-state index contributed by atoms with van der Waals surface area (Å²) < 4.78 is 5.08. The van der Waals surface area contributed by atoms with Crippen molar-refractivity contribution in [2.24, 2.45) is 0 Å². The van der Waals surface area contributed by atoms with Crippen molar-refractivity contribution >= 4 is 17.5 Å². The molecule has 2 aromatic carbocycles. The van der Waals surface area contributed by atoms with E-state index in [4.69, 9.17) is 4.74 Å². The van der Waals surface area contributed by atoms with Gasteiger partial charge in [-0.1, -0.05) is 30.3 Å². The zero-order chi connectivity index (χ0) is 17.9. The van der Waals surface area contributed by atoms with Gasteiger partial charge < -0.3 is 20.5 Å². The van der Waals surface area contributed by atoms with Crippen molar-refractivity contribution in [1.82, 2.24) is 5.32 Å². The lowest BCUT2D eigenvalue weighted by Gasteiger charge is -2.21. The Bertz CT molecular complexity index is 788. The van der Waals surface area contributed by atoms with E-state index in [1.54, 1.807) is 43.5 Å². The third kappa shape index (κ3) is 3.49. The molecule has 2 aromatic rings. The van der Waals surface area contributed by atoms with Gasteiger partial charge in [0.25, 0.3) is 5.91 Å². The molecule has 2 amide bonds. The number of hydrogen-bond donors (Lipinski definition) is 3. The lowest BCUT2D eigenvalue weighted by atomic mass is 9.92. The maximum atomic E-state index is 12.1. The topological polar surface area (TPSA) is 87.7 Å². The van der Waals surface area contributed by atoms with Crippen LogP contribution in [0.4, 0.5) is 5.69 Å². The highest BCUT2D eigenvalue weighted by Crippen LogP contribution is 2.37. The Morgan fingerprint density at radius 2 is 1.92 bits per heavy atom. The van der Waals surface area contributed by atoms with Crippen LogP contribution in [0.15, 0.2) is 48.5 Å². The number of carbonyl (C=O) groups is 2. The lowest BCUT2D eigenvalue weighted by molar-refractivity contribution is -0.134. The fourth-order valence-electron chi connectivity index (χ4n) is 2.92. The number of fused-ring (bicyclic) bond motifs is 1. The van der Waals surface area contributed by atoms with Crippen molar-refractivity contribution in [3.63, 3.8) is 0 Å². The van der Waals surface area contributed by atoms with E-state index in [9.17, 15) is 14.7 Å². The molecule has 3 rings (SSSR count). The molecule has 1 aliphatic rings. The van der Waals surface area contributed by atoms with Crippen molar-refractivity contribution in [2.75, 3.05) is 19.0 Å². The Morgan fingerprint density at radius 1 is 1.20 bits per heavy atom. The summed E-state index contributed by atoms with van der Waals surface area (Å²) in [7, 11) is 1.59. The molecule has 1 atom stereocenters. The minimum Gasteiger partial charge on any atom is -0.497 e. The van der Waals surface area contributed by atoms with E-state index in [1.807, 2.05) is 12.1 Å². The van der Waals surface area contributed by atoms with Gasteiger partial charge in [-0.25, -0.2) is 0 Å². The Morgan fingerprint density at radius 3 is 2.64 bits per heavy atom. The first kappa shape index (κ1) is 17.0. The number of aliphatic hydroxyl groups is 1. The van der Waals surface area contributed by atoms with Crippen molar-refractivity contribution < 1.29 is 19.4 Å². The smallest absolute Gasteiger partial charge is 0.261 e. The van der Waals surface area contributed by atoms with Crippen LogP contribution in [-0.2, 0) is 21.6 Å². The second kappa shape index (κ2) is 6.94. The highest BCUT2D eigenvalue weighted by molar-refractivity contribution is 6.04. The number of para-hydroxylation sites is 1. The van der Waals surface area contributed by atoms with Gasteiger partial charge in [0.15, 0.2) is 5.60 Å². The first-order valence-corrected chi connectivity index (χ1v) is 8.06. The molecule has 3 N–H and O–H groups in total. The van der Waals surface area contributed by atoms with Gasteiger partial charge in [0.05, 0.1) is 13.5 Å². The number of benzene rings is 2. The quantitative estimate of drug-likeness (QED) is 0.745. The predicted octanol–water partition coefficient (Wildman–Crippen LogP) is 1.58. The normalized spacial score (nSPS) is 18.4. The van der Waals surface area contributed by atoms with Crippen molar-refractivity contribution in [1.29, 1.82) is 0 Å². The van der Waals surface area contributed by atoms with Crippen LogP contribution in [0.1, 0.15) is 17.5 Å². The van der Waals surface area contributed by atoms with Crippen LogP contribution in [0.2, 0.25) is 0 Å². The summed E-state index contributed by atoms with van der Waals surface area (Å²) in [5, 5.41) is 16.1. The lowest BCUT2D eigenvalue weighted by Crippen LogP contribution is -2.38. The fraction of sp³-hybridized carbons (Fsp3) is 0.263. The van der Waals surface area contributed by atoms with Gasteiger partial charge in [0.2, 0.25) is 5.91 Å². The largest absolute Gasteiger partial charge is 0.497 e. The number of hydrogen-bond acceptors (Lipinski definition) is 4. The first-order valence-electron chi connectivity index (χ1n) is 8.06. The van der Waals surface area contributed by atoms with Gasteiger partial charge in [-0.15, -0.1) is 0 Å². The summed E-state index contributed by atoms with van der Waals surface area (Å²) in [6.07, 6.45) is 0.343. The van der Waals surface area contributed by atoms with Gasteiger partial charge in [-0.3, -0.25) is 9.59 Å². The van der Waals surface area contributed by atoms with E-state index in [0.29, 0.717) is 11.3 Å². The fourth-order valence-corrected chi connectivity index (χ4v) is 2.92. The molecule has 0 bridgehead atoms. The average Bonchev–Trinajstić information content (AvgIpc) is 2.87. The van der Waals surface area contributed by atoms with Crippen LogP contribution < -0.4 is 15.4 Å². The molecule has 25 heavy (non-hydrogen) atoms. The molecule has 0 saturated carbocycles. The molecule has 130 valence electrons. The summed E-state index contributed by atoms with van der Waals surface area (Å²) in [5.74, 6) is 0.107. The second-order valence-electron chi connectivity index (χ2n) is 5.98. The summed E-state index contributed by atoms with van der Waals surface area (Å²) >= 11 is 0. The number of nitrogens with one attached hydrogen (secondary N) is 2.